The van der Waals surface area contributed by atoms with E-state index in [4.69, 9.17) is 15.4 Å². The van der Waals surface area contributed by atoms with E-state index in [1.54, 1.807) is 32.9 Å². The number of hydrogen-bond acceptors (Lipinski definition) is 4. The smallest absolute Gasteiger partial charge is 0.339 e. The first-order chi connectivity index (χ1) is 8.27. The standard InChI is InChI=1S/C12H15ClO4S/c1-4-9-6-5-7-10(11(9)18(13,15)16)12(14)17-8(2)3/h5-8H,4H2,1-3H3. The molecule has 0 aliphatic carbocycles. The largest absolute Gasteiger partial charge is 0.459 e. The Morgan fingerprint density at radius 3 is 2.44 bits per heavy atom. The van der Waals surface area contributed by atoms with E-state index in [1.165, 1.54) is 6.07 Å². The van der Waals surface area contributed by atoms with E-state index >= 15 is 0 Å². The summed E-state index contributed by atoms with van der Waals surface area (Å²) in [6.45, 7) is 5.17. The van der Waals surface area contributed by atoms with Crippen molar-refractivity contribution >= 4 is 25.7 Å². The zero-order chi connectivity index (χ0) is 13.9. The van der Waals surface area contributed by atoms with E-state index in [-0.39, 0.29) is 16.6 Å². The number of aryl methyl sites for hydroxylation is 1. The molecule has 1 rings (SSSR count). The molecule has 0 bridgehead atoms. The monoisotopic (exact) mass is 290 g/mol. The topological polar surface area (TPSA) is 60.4 Å². The molecule has 0 aliphatic heterocycles. The number of rotatable bonds is 4. The Kier molecular flexibility index (Phi) is 4.76. The zero-order valence-corrected chi connectivity index (χ0v) is 12.0. The van der Waals surface area contributed by atoms with E-state index in [0.717, 1.165) is 0 Å². The van der Waals surface area contributed by atoms with Crippen LogP contribution in [0.2, 0.25) is 0 Å². The van der Waals surface area contributed by atoms with Gasteiger partial charge in [-0.15, -0.1) is 0 Å². The fourth-order valence-electron chi connectivity index (χ4n) is 1.59. The summed E-state index contributed by atoms with van der Waals surface area (Å²) in [6.07, 6.45) is 0.137. The highest BCUT2D eigenvalue weighted by Crippen LogP contribution is 2.26. The Morgan fingerprint density at radius 1 is 1.39 bits per heavy atom. The highest BCUT2D eigenvalue weighted by Gasteiger charge is 2.24. The predicted octanol–water partition coefficient (Wildman–Crippen LogP) is 2.74. The summed E-state index contributed by atoms with van der Waals surface area (Å²) in [6, 6.07) is 4.64. The lowest BCUT2D eigenvalue weighted by molar-refractivity contribution is 0.0373. The van der Waals surface area contributed by atoms with Crippen molar-refractivity contribution in [2.45, 2.75) is 38.2 Å². The number of hydrogen-bond donors (Lipinski definition) is 0. The van der Waals surface area contributed by atoms with E-state index < -0.39 is 15.0 Å². The van der Waals surface area contributed by atoms with Gasteiger partial charge in [0.15, 0.2) is 0 Å². The summed E-state index contributed by atoms with van der Waals surface area (Å²) in [7, 11) is 1.41. The third-order valence-electron chi connectivity index (χ3n) is 2.28. The fourth-order valence-corrected chi connectivity index (χ4v) is 3.08. The molecule has 4 nitrogen and oxygen atoms in total. The maximum atomic E-state index is 11.8. The molecular formula is C12H15ClO4S. The molecule has 0 fully saturated rings. The zero-order valence-electron chi connectivity index (χ0n) is 10.4. The fraction of sp³-hybridized carbons (Fsp3) is 0.417. The molecule has 0 saturated heterocycles. The third kappa shape index (κ3) is 3.46. The van der Waals surface area contributed by atoms with Crippen molar-refractivity contribution in [3.63, 3.8) is 0 Å². The molecule has 1 aromatic carbocycles. The molecule has 0 spiro atoms. The summed E-state index contributed by atoms with van der Waals surface area (Å²) >= 11 is 0. The van der Waals surface area contributed by atoms with Gasteiger partial charge in [-0.2, -0.15) is 0 Å². The molecule has 0 aliphatic rings. The van der Waals surface area contributed by atoms with Crippen LogP contribution in [-0.4, -0.2) is 20.5 Å². The average Bonchev–Trinajstić information content (AvgIpc) is 2.25. The van der Waals surface area contributed by atoms with Gasteiger partial charge in [0.1, 0.15) is 4.90 Å². The van der Waals surface area contributed by atoms with Crippen LogP contribution in [0.15, 0.2) is 23.1 Å². The molecule has 0 aromatic heterocycles. The molecular weight excluding hydrogens is 276 g/mol. The number of ether oxygens (including phenoxy) is 1. The lowest BCUT2D eigenvalue weighted by atomic mass is 10.1. The summed E-state index contributed by atoms with van der Waals surface area (Å²) in [5.74, 6) is -0.681. The van der Waals surface area contributed by atoms with Crippen LogP contribution in [0.25, 0.3) is 0 Å². The van der Waals surface area contributed by atoms with Crippen molar-refractivity contribution < 1.29 is 17.9 Å². The Labute approximate surface area is 111 Å². The minimum Gasteiger partial charge on any atom is -0.459 e. The van der Waals surface area contributed by atoms with Crippen molar-refractivity contribution in [1.82, 2.24) is 0 Å². The van der Waals surface area contributed by atoms with Crippen LogP contribution in [0, 0.1) is 0 Å². The van der Waals surface area contributed by atoms with Gasteiger partial charge in [-0.3, -0.25) is 0 Å². The number of carbonyl (C=O) groups is 1. The Bertz CT molecular complexity index is 549. The van der Waals surface area contributed by atoms with Gasteiger partial charge < -0.3 is 4.74 Å². The molecule has 0 unspecified atom stereocenters. The molecule has 0 radical (unpaired) electrons. The normalized spacial score (nSPS) is 11.6. The van der Waals surface area contributed by atoms with Crippen LogP contribution >= 0.6 is 10.7 Å². The van der Waals surface area contributed by atoms with Gasteiger partial charge >= 0.3 is 5.97 Å². The molecule has 1 aromatic rings. The summed E-state index contributed by atoms with van der Waals surface area (Å²) in [4.78, 5) is 11.7. The van der Waals surface area contributed by atoms with Gasteiger partial charge in [0, 0.05) is 10.7 Å². The summed E-state index contributed by atoms with van der Waals surface area (Å²) in [5, 5.41) is 0. The van der Waals surface area contributed by atoms with Crippen molar-refractivity contribution in [2.75, 3.05) is 0 Å². The summed E-state index contributed by atoms with van der Waals surface area (Å²) < 4.78 is 28.2. The maximum absolute atomic E-state index is 11.8. The highest BCUT2D eigenvalue weighted by atomic mass is 35.7. The van der Waals surface area contributed by atoms with Crippen molar-refractivity contribution in [1.29, 1.82) is 0 Å². The average molecular weight is 291 g/mol. The number of benzene rings is 1. The van der Waals surface area contributed by atoms with Crippen LogP contribution in [-0.2, 0) is 20.2 Å². The third-order valence-corrected chi connectivity index (χ3v) is 3.72. The van der Waals surface area contributed by atoms with Gasteiger partial charge in [0.25, 0.3) is 9.05 Å². The second kappa shape index (κ2) is 5.71. The van der Waals surface area contributed by atoms with E-state index in [2.05, 4.69) is 0 Å². The van der Waals surface area contributed by atoms with Gasteiger partial charge in [-0.1, -0.05) is 19.1 Å². The molecule has 0 atom stereocenters. The lowest BCUT2D eigenvalue weighted by Crippen LogP contribution is -2.15. The van der Waals surface area contributed by atoms with Gasteiger partial charge in [0.2, 0.25) is 0 Å². The molecule has 0 saturated carbocycles. The minimum atomic E-state index is -3.99. The Hall–Kier alpha value is -1.07. The van der Waals surface area contributed by atoms with E-state index in [1.807, 2.05) is 0 Å². The second-order valence-electron chi connectivity index (χ2n) is 4.04. The first-order valence-corrected chi connectivity index (χ1v) is 7.85. The quantitative estimate of drug-likeness (QED) is 0.632. The number of carbonyl (C=O) groups excluding carboxylic acids is 1. The summed E-state index contributed by atoms with van der Waals surface area (Å²) in [5.41, 5.74) is 0.487. The minimum absolute atomic E-state index is 0.0157. The van der Waals surface area contributed by atoms with Crippen LogP contribution < -0.4 is 0 Å². The van der Waals surface area contributed by atoms with Crippen LogP contribution in [0.1, 0.15) is 36.7 Å². The van der Waals surface area contributed by atoms with E-state index in [9.17, 15) is 13.2 Å². The maximum Gasteiger partial charge on any atom is 0.339 e. The van der Waals surface area contributed by atoms with Crippen molar-refractivity contribution in [2.24, 2.45) is 0 Å². The van der Waals surface area contributed by atoms with Crippen LogP contribution in [0.5, 0.6) is 0 Å². The van der Waals surface area contributed by atoms with Crippen LogP contribution in [0.4, 0.5) is 0 Å². The first-order valence-electron chi connectivity index (χ1n) is 5.55. The lowest BCUT2D eigenvalue weighted by Gasteiger charge is -2.12. The molecule has 100 valence electrons. The molecule has 18 heavy (non-hydrogen) atoms. The number of esters is 1. The second-order valence-corrected chi connectivity index (χ2v) is 6.54. The molecule has 0 amide bonds. The number of halogens is 1. The highest BCUT2D eigenvalue weighted by molar-refractivity contribution is 8.13. The molecule has 0 heterocycles. The predicted molar refractivity (Wildman–Crippen MR) is 69.4 cm³/mol. The van der Waals surface area contributed by atoms with Crippen LogP contribution in [0.3, 0.4) is 0 Å². The van der Waals surface area contributed by atoms with Gasteiger partial charge in [0.05, 0.1) is 11.7 Å². The van der Waals surface area contributed by atoms with Crippen molar-refractivity contribution in [3.8, 4) is 0 Å². The SMILES string of the molecule is CCc1cccc(C(=O)OC(C)C)c1S(=O)(=O)Cl. The van der Waals surface area contributed by atoms with Gasteiger partial charge in [-0.05, 0) is 31.9 Å². The van der Waals surface area contributed by atoms with Gasteiger partial charge in [-0.25, -0.2) is 13.2 Å². The molecule has 0 N–H and O–H groups in total. The Morgan fingerprint density at radius 2 is 2.00 bits per heavy atom. The van der Waals surface area contributed by atoms with Crippen molar-refractivity contribution in [3.05, 3.63) is 29.3 Å². The Balaban J connectivity index is 3.41. The van der Waals surface area contributed by atoms with E-state index in [0.29, 0.717) is 12.0 Å². The first kappa shape index (κ1) is 15.0. The molecule has 6 heteroatoms.